The van der Waals surface area contributed by atoms with Crippen molar-refractivity contribution in [3.8, 4) is 0 Å². The van der Waals surface area contributed by atoms with Crippen molar-refractivity contribution in [3.63, 3.8) is 0 Å². The van der Waals surface area contributed by atoms with Crippen LogP contribution in [0.3, 0.4) is 0 Å². The monoisotopic (exact) mass is 286 g/mol. The average Bonchev–Trinajstić information content (AvgIpc) is 3.14. The van der Waals surface area contributed by atoms with E-state index in [0.717, 1.165) is 29.2 Å². The van der Waals surface area contributed by atoms with Crippen LogP contribution in [0.4, 0.5) is 11.4 Å². The molecule has 1 aliphatic rings. The zero-order valence-corrected chi connectivity index (χ0v) is 12.4. The van der Waals surface area contributed by atoms with Gasteiger partial charge in [0.1, 0.15) is 0 Å². The first kappa shape index (κ1) is 13.2. The van der Waals surface area contributed by atoms with E-state index in [9.17, 15) is 4.79 Å². The van der Waals surface area contributed by atoms with Crippen molar-refractivity contribution < 1.29 is 4.79 Å². The lowest BCUT2D eigenvalue weighted by Crippen LogP contribution is -2.18. The van der Waals surface area contributed by atoms with Crippen LogP contribution < -0.4 is 10.2 Å². The Morgan fingerprint density at radius 2 is 2.05 bits per heavy atom. The van der Waals surface area contributed by atoms with Crippen LogP contribution in [0, 0.1) is 6.92 Å². The van der Waals surface area contributed by atoms with E-state index in [2.05, 4.69) is 22.3 Å². The molecule has 1 aromatic heterocycles. The fraction of sp³-hybridized carbons (Fsp3) is 0.312. The van der Waals surface area contributed by atoms with Crippen molar-refractivity contribution in [3.05, 3.63) is 46.2 Å². The fourth-order valence-corrected chi connectivity index (χ4v) is 3.17. The van der Waals surface area contributed by atoms with Gasteiger partial charge in [0.25, 0.3) is 5.91 Å². The van der Waals surface area contributed by atoms with Crippen molar-refractivity contribution in [1.82, 2.24) is 0 Å². The highest BCUT2D eigenvalue weighted by atomic mass is 32.1. The molecule has 1 aromatic carbocycles. The van der Waals surface area contributed by atoms with Gasteiger partial charge >= 0.3 is 0 Å². The highest BCUT2D eigenvalue weighted by Crippen LogP contribution is 2.26. The number of nitrogens with one attached hydrogen (secondary N) is 1. The highest BCUT2D eigenvalue weighted by molar-refractivity contribution is 7.12. The Hall–Kier alpha value is -1.81. The second kappa shape index (κ2) is 5.67. The van der Waals surface area contributed by atoms with Crippen LogP contribution in [0.25, 0.3) is 0 Å². The molecule has 1 N–H and O–H groups in total. The normalized spacial score (nSPS) is 14.6. The minimum atomic E-state index is -0.0305. The fourth-order valence-electron chi connectivity index (χ4n) is 2.55. The lowest BCUT2D eigenvalue weighted by Gasteiger charge is -2.19. The lowest BCUT2D eigenvalue weighted by molar-refractivity contribution is 0.103. The number of hydrogen-bond acceptors (Lipinski definition) is 3. The molecule has 4 heteroatoms. The van der Waals surface area contributed by atoms with Gasteiger partial charge in [-0.1, -0.05) is 6.07 Å². The third-order valence-electron chi connectivity index (χ3n) is 3.67. The Kier molecular flexibility index (Phi) is 3.74. The van der Waals surface area contributed by atoms with Crippen LogP contribution in [0.2, 0.25) is 0 Å². The van der Waals surface area contributed by atoms with Gasteiger partial charge in [0.05, 0.1) is 4.88 Å². The molecule has 3 nitrogen and oxygen atoms in total. The number of rotatable bonds is 3. The van der Waals surface area contributed by atoms with E-state index in [-0.39, 0.29) is 5.91 Å². The third kappa shape index (κ3) is 2.70. The summed E-state index contributed by atoms with van der Waals surface area (Å²) in [6.45, 7) is 4.32. The Bertz CT molecular complexity index is 601. The molecule has 0 radical (unpaired) electrons. The van der Waals surface area contributed by atoms with Gasteiger partial charge in [-0.2, -0.15) is 0 Å². The van der Waals surface area contributed by atoms with E-state index in [1.165, 1.54) is 29.9 Å². The number of aryl methyl sites for hydroxylation is 1. The minimum Gasteiger partial charge on any atom is -0.372 e. The first-order valence-corrected chi connectivity index (χ1v) is 7.82. The highest BCUT2D eigenvalue weighted by Gasteiger charge is 2.14. The number of thiophene rings is 1. The van der Waals surface area contributed by atoms with Gasteiger partial charge in [0, 0.05) is 24.5 Å². The maximum Gasteiger partial charge on any atom is 0.265 e. The molecule has 2 aromatic rings. The zero-order chi connectivity index (χ0) is 13.9. The van der Waals surface area contributed by atoms with E-state index in [1.807, 2.05) is 30.5 Å². The number of benzene rings is 1. The minimum absolute atomic E-state index is 0.0305. The number of anilines is 2. The summed E-state index contributed by atoms with van der Waals surface area (Å²) in [7, 11) is 0. The van der Waals surface area contributed by atoms with E-state index >= 15 is 0 Å². The average molecular weight is 286 g/mol. The molecule has 0 spiro atoms. The molecule has 1 amide bonds. The molecule has 3 rings (SSSR count). The number of amides is 1. The molecule has 20 heavy (non-hydrogen) atoms. The van der Waals surface area contributed by atoms with Crippen LogP contribution in [0.1, 0.15) is 28.1 Å². The number of carbonyl (C=O) groups is 1. The lowest BCUT2D eigenvalue weighted by atomic mass is 10.1. The van der Waals surface area contributed by atoms with Crippen LogP contribution >= 0.6 is 11.3 Å². The Morgan fingerprint density at radius 3 is 2.70 bits per heavy atom. The molecule has 0 atom stereocenters. The maximum atomic E-state index is 12.1. The van der Waals surface area contributed by atoms with Crippen molar-refractivity contribution in [2.75, 3.05) is 23.3 Å². The second-order valence-electron chi connectivity index (χ2n) is 5.12. The van der Waals surface area contributed by atoms with Gasteiger partial charge in [0.15, 0.2) is 0 Å². The Morgan fingerprint density at radius 1 is 1.25 bits per heavy atom. The number of nitrogens with zero attached hydrogens (tertiary/aromatic N) is 1. The van der Waals surface area contributed by atoms with E-state index in [0.29, 0.717) is 0 Å². The Labute approximate surface area is 123 Å². The Balaban J connectivity index is 1.75. The van der Waals surface area contributed by atoms with Crippen molar-refractivity contribution in [2.24, 2.45) is 0 Å². The molecular weight excluding hydrogens is 268 g/mol. The molecule has 104 valence electrons. The molecule has 0 saturated carbocycles. The number of carbonyl (C=O) groups excluding carboxylic acids is 1. The largest absolute Gasteiger partial charge is 0.372 e. The summed E-state index contributed by atoms with van der Waals surface area (Å²) in [5.74, 6) is -0.0305. The van der Waals surface area contributed by atoms with Gasteiger partial charge in [0.2, 0.25) is 0 Å². The van der Waals surface area contributed by atoms with Gasteiger partial charge in [-0.05, 0) is 55.0 Å². The van der Waals surface area contributed by atoms with Crippen molar-refractivity contribution in [2.45, 2.75) is 19.8 Å². The van der Waals surface area contributed by atoms with Gasteiger partial charge in [-0.3, -0.25) is 4.79 Å². The molecule has 0 aliphatic carbocycles. The molecule has 1 fully saturated rings. The van der Waals surface area contributed by atoms with Gasteiger partial charge in [-0.25, -0.2) is 0 Å². The standard InChI is InChI=1S/C16H18N2OS/c1-12-11-13(18-8-2-3-9-18)6-7-14(12)17-16(19)15-5-4-10-20-15/h4-7,10-11H,2-3,8-9H2,1H3,(H,17,19). The van der Waals surface area contributed by atoms with Gasteiger partial charge in [-0.15, -0.1) is 11.3 Å². The van der Waals surface area contributed by atoms with Crippen LogP contribution in [-0.4, -0.2) is 19.0 Å². The SMILES string of the molecule is Cc1cc(N2CCCC2)ccc1NC(=O)c1cccs1. The van der Waals surface area contributed by atoms with Crippen LogP contribution in [0.5, 0.6) is 0 Å². The third-order valence-corrected chi connectivity index (χ3v) is 4.54. The second-order valence-corrected chi connectivity index (χ2v) is 6.07. The molecule has 0 bridgehead atoms. The zero-order valence-electron chi connectivity index (χ0n) is 11.6. The molecule has 2 heterocycles. The first-order chi connectivity index (χ1) is 9.74. The summed E-state index contributed by atoms with van der Waals surface area (Å²) in [6.07, 6.45) is 2.55. The van der Waals surface area contributed by atoms with E-state index in [1.54, 1.807) is 0 Å². The van der Waals surface area contributed by atoms with Crippen LogP contribution in [0.15, 0.2) is 35.7 Å². The van der Waals surface area contributed by atoms with E-state index < -0.39 is 0 Å². The summed E-state index contributed by atoms with van der Waals surface area (Å²) in [5.41, 5.74) is 3.26. The quantitative estimate of drug-likeness (QED) is 0.928. The molecular formula is C16H18N2OS. The summed E-state index contributed by atoms with van der Waals surface area (Å²) in [4.78, 5) is 15.2. The summed E-state index contributed by atoms with van der Waals surface area (Å²) >= 11 is 1.46. The summed E-state index contributed by atoms with van der Waals surface area (Å²) < 4.78 is 0. The predicted molar refractivity (Wildman–Crippen MR) is 84.9 cm³/mol. The molecule has 1 aliphatic heterocycles. The summed E-state index contributed by atoms with van der Waals surface area (Å²) in [6, 6.07) is 10.0. The number of hydrogen-bond donors (Lipinski definition) is 1. The van der Waals surface area contributed by atoms with E-state index in [4.69, 9.17) is 0 Å². The molecule has 1 saturated heterocycles. The smallest absolute Gasteiger partial charge is 0.265 e. The topological polar surface area (TPSA) is 32.3 Å². The van der Waals surface area contributed by atoms with Crippen molar-refractivity contribution in [1.29, 1.82) is 0 Å². The van der Waals surface area contributed by atoms with Crippen LogP contribution in [-0.2, 0) is 0 Å². The van der Waals surface area contributed by atoms with Crippen molar-refractivity contribution >= 4 is 28.6 Å². The first-order valence-electron chi connectivity index (χ1n) is 6.94. The summed E-state index contributed by atoms with van der Waals surface area (Å²) in [5, 5.41) is 4.90. The maximum absolute atomic E-state index is 12.1. The molecule has 0 unspecified atom stereocenters. The predicted octanol–water partition coefficient (Wildman–Crippen LogP) is 3.91. The van der Waals surface area contributed by atoms with Gasteiger partial charge < -0.3 is 10.2 Å².